The zero-order chi connectivity index (χ0) is 21.0. The van der Waals surface area contributed by atoms with E-state index in [0.29, 0.717) is 6.54 Å². The number of hydrogen-bond donors (Lipinski definition) is 1. The number of nitrogens with one attached hydrogen (secondary N) is 1. The molecule has 3 heterocycles. The third kappa shape index (κ3) is 4.50. The van der Waals surface area contributed by atoms with Gasteiger partial charge in [-0.1, -0.05) is 29.8 Å². The van der Waals surface area contributed by atoms with Crippen LogP contribution in [-0.4, -0.2) is 18.4 Å². The van der Waals surface area contributed by atoms with E-state index < -0.39 is 9.84 Å². The van der Waals surface area contributed by atoms with Gasteiger partial charge >= 0.3 is 0 Å². The summed E-state index contributed by atoms with van der Waals surface area (Å²) in [5.41, 5.74) is 1.87. The third-order valence-corrected chi connectivity index (χ3v) is 6.82. The van der Waals surface area contributed by atoms with Gasteiger partial charge in [0.1, 0.15) is 0 Å². The van der Waals surface area contributed by atoms with Crippen molar-refractivity contribution in [3.8, 4) is 0 Å². The fourth-order valence-electron chi connectivity index (χ4n) is 2.74. The monoisotopic (exact) mass is 437 g/mol. The first kappa shape index (κ1) is 20.1. The molecule has 0 fully saturated rings. The van der Waals surface area contributed by atoms with Crippen molar-refractivity contribution in [1.29, 1.82) is 0 Å². The van der Waals surface area contributed by atoms with Crippen molar-refractivity contribution in [3.05, 3.63) is 88.2 Å². The molecule has 0 saturated heterocycles. The Morgan fingerprint density at radius 1 is 1.10 bits per heavy atom. The van der Waals surface area contributed by atoms with Crippen molar-refractivity contribution < 1.29 is 12.8 Å². The molecule has 8 heteroatoms. The zero-order valence-corrected chi connectivity index (χ0v) is 17.8. The molecule has 30 heavy (non-hydrogen) atoms. The molecule has 0 aliphatic rings. The van der Waals surface area contributed by atoms with Gasteiger partial charge in [-0.05, 0) is 48.2 Å². The molecule has 6 nitrogen and oxygen atoms in total. The second kappa shape index (κ2) is 8.64. The Morgan fingerprint density at radius 3 is 2.63 bits per heavy atom. The molecule has 0 bridgehead atoms. The zero-order valence-electron chi connectivity index (χ0n) is 16.1. The summed E-state index contributed by atoms with van der Waals surface area (Å²) in [4.78, 5) is 9.53. The fraction of sp³-hybridized carbons (Fsp3) is 0.0909. The summed E-state index contributed by atoms with van der Waals surface area (Å²) in [6, 6.07) is 14.3. The largest absolute Gasteiger partial charge is 0.420 e. The van der Waals surface area contributed by atoms with E-state index in [1.165, 1.54) is 0 Å². The highest BCUT2D eigenvalue weighted by molar-refractivity contribution is 7.91. The number of benzene rings is 1. The topological polar surface area (TPSA) is 85.1 Å². The number of hydrogen-bond acceptors (Lipinski definition) is 7. The molecular formula is C22H19N3O3S2. The van der Waals surface area contributed by atoms with Crippen LogP contribution in [0.2, 0.25) is 0 Å². The van der Waals surface area contributed by atoms with E-state index in [4.69, 9.17) is 4.42 Å². The average Bonchev–Trinajstić information content (AvgIpc) is 3.42. The van der Waals surface area contributed by atoms with E-state index in [0.717, 1.165) is 16.0 Å². The second-order valence-corrected chi connectivity index (χ2v) is 9.41. The summed E-state index contributed by atoms with van der Waals surface area (Å²) in [7, 11) is -3.86. The van der Waals surface area contributed by atoms with Gasteiger partial charge in [0.05, 0.1) is 4.90 Å². The van der Waals surface area contributed by atoms with Gasteiger partial charge in [0.15, 0.2) is 0 Å². The smallest absolute Gasteiger partial charge is 0.234 e. The first-order valence-corrected chi connectivity index (χ1v) is 11.6. The van der Waals surface area contributed by atoms with E-state index in [9.17, 15) is 8.42 Å². The van der Waals surface area contributed by atoms with Crippen LogP contribution in [0, 0.1) is 6.92 Å². The molecule has 0 saturated carbocycles. The average molecular weight is 438 g/mol. The maximum atomic E-state index is 13.2. The number of aromatic nitrogens is 2. The van der Waals surface area contributed by atoms with E-state index in [1.54, 1.807) is 54.1 Å². The molecule has 0 amide bonds. The Labute approximate surface area is 178 Å². The summed E-state index contributed by atoms with van der Waals surface area (Å²) >= 11 is 1.57. The number of sulfone groups is 1. The highest BCUT2D eigenvalue weighted by Gasteiger charge is 2.27. The van der Waals surface area contributed by atoms with Gasteiger partial charge in [-0.2, -0.15) is 4.98 Å². The normalized spacial score (nSPS) is 11.8. The Kier molecular flexibility index (Phi) is 5.78. The van der Waals surface area contributed by atoms with Crippen molar-refractivity contribution in [2.75, 3.05) is 5.32 Å². The minimum Gasteiger partial charge on any atom is -0.420 e. The predicted octanol–water partition coefficient (Wildman–Crippen LogP) is 5.05. The fourth-order valence-corrected chi connectivity index (χ4v) is 4.64. The number of oxazole rings is 1. The van der Waals surface area contributed by atoms with Crippen molar-refractivity contribution >= 4 is 39.2 Å². The van der Waals surface area contributed by atoms with Crippen LogP contribution in [0.3, 0.4) is 0 Å². The van der Waals surface area contributed by atoms with Gasteiger partial charge < -0.3 is 9.73 Å². The number of pyridine rings is 1. The van der Waals surface area contributed by atoms with Gasteiger partial charge in [0.25, 0.3) is 0 Å². The molecule has 0 spiro atoms. The van der Waals surface area contributed by atoms with Crippen LogP contribution in [0.25, 0.3) is 12.2 Å². The van der Waals surface area contributed by atoms with Crippen LogP contribution in [0.15, 0.2) is 80.6 Å². The third-order valence-electron chi connectivity index (χ3n) is 4.31. The van der Waals surface area contributed by atoms with E-state index in [2.05, 4.69) is 15.3 Å². The molecule has 0 aliphatic carbocycles. The van der Waals surface area contributed by atoms with Crippen molar-refractivity contribution in [2.45, 2.75) is 23.4 Å². The lowest BCUT2D eigenvalue weighted by Crippen LogP contribution is -2.07. The van der Waals surface area contributed by atoms with Crippen molar-refractivity contribution in [3.63, 3.8) is 0 Å². The SMILES string of the molecule is Cc1ccc(S(=O)(=O)c2nc(/C=C/c3cccs3)oc2NCc2cccnc2)cc1. The first-order valence-electron chi connectivity index (χ1n) is 9.19. The van der Waals surface area contributed by atoms with Crippen molar-refractivity contribution in [2.24, 2.45) is 0 Å². The van der Waals surface area contributed by atoms with Crippen LogP contribution >= 0.6 is 11.3 Å². The Hall–Kier alpha value is -3.23. The van der Waals surface area contributed by atoms with Gasteiger partial charge in [-0.25, -0.2) is 8.42 Å². The molecule has 152 valence electrons. The van der Waals surface area contributed by atoms with Crippen LogP contribution in [0.1, 0.15) is 21.9 Å². The lowest BCUT2D eigenvalue weighted by atomic mass is 10.2. The van der Waals surface area contributed by atoms with Crippen LogP contribution in [0.4, 0.5) is 5.88 Å². The molecular weight excluding hydrogens is 418 g/mol. The van der Waals surface area contributed by atoms with Crippen LogP contribution < -0.4 is 5.32 Å². The molecule has 1 aromatic carbocycles. The van der Waals surface area contributed by atoms with Gasteiger partial charge in [0.2, 0.25) is 26.6 Å². The Morgan fingerprint density at radius 2 is 1.93 bits per heavy atom. The predicted molar refractivity (Wildman–Crippen MR) is 118 cm³/mol. The van der Waals surface area contributed by atoms with Crippen molar-refractivity contribution in [1.82, 2.24) is 9.97 Å². The minimum absolute atomic E-state index is 0.102. The molecule has 0 atom stereocenters. The molecule has 4 aromatic rings. The maximum Gasteiger partial charge on any atom is 0.234 e. The highest BCUT2D eigenvalue weighted by Crippen LogP contribution is 2.29. The minimum atomic E-state index is -3.86. The maximum absolute atomic E-state index is 13.2. The van der Waals surface area contributed by atoms with E-state index >= 15 is 0 Å². The lowest BCUT2D eigenvalue weighted by molar-refractivity contribution is 0.554. The number of nitrogens with zero attached hydrogens (tertiary/aromatic N) is 2. The van der Waals surface area contributed by atoms with E-state index in [1.807, 2.05) is 42.6 Å². The number of aryl methyl sites for hydroxylation is 1. The molecule has 3 aromatic heterocycles. The summed E-state index contributed by atoms with van der Waals surface area (Å²) < 4.78 is 32.2. The van der Waals surface area contributed by atoms with E-state index in [-0.39, 0.29) is 21.7 Å². The van der Waals surface area contributed by atoms with Crippen LogP contribution in [-0.2, 0) is 16.4 Å². The van der Waals surface area contributed by atoms with Gasteiger partial charge in [0, 0.05) is 29.9 Å². The summed E-state index contributed by atoms with van der Waals surface area (Å²) in [6.07, 6.45) is 6.88. The summed E-state index contributed by atoms with van der Waals surface area (Å²) in [6.45, 7) is 2.26. The molecule has 0 unspecified atom stereocenters. The summed E-state index contributed by atoms with van der Waals surface area (Å²) in [5.74, 6) is 0.313. The highest BCUT2D eigenvalue weighted by atomic mass is 32.2. The molecule has 1 N–H and O–H groups in total. The number of thiophene rings is 1. The van der Waals surface area contributed by atoms with Gasteiger partial charge in [-0.15, -0.1) is 11.3 Å². The number of anilines is 1. The molecule has 0 aliphatic heterocycles. The standard InChI is InChI=1S/C22H19N3O3S2/c1-16-6-9-19(10-7-16)30(26,27)22-21(24-15-17-4-2-12-23-14-17)28-20(25-22)11-8-18-5-3-13-29-18/h2-14,24H,15H2,1H3/b11-8+. The number of rotatable bonds is 7. The Balaban J connectivity index is 1.69. The summed E-state index contributed by atoms with van der Waals surface area (Å²) in [5, 5.41) is 4.87. The first-order chi connectivity index (χ1) is 14.5. The lowest BCUT2D eigenvalue weighted by Gasteiger charge is -2.06. The van der Waals surface area contributed by atoms with Crippen LogP contribution in [0.5, 0.6) is 0 Å². The molecule has 0 radical (unpaired) electrons. The van der Waals surface area contributed by atoms with Gasteiger partial charge in [-0.3, -0.25) is 4.98 Å². The quantitative estimate of drug-likeness (QED) is 0.435. The second-order valence-electron chi connectivity index (χ2n) is 6.57. The molecule has 4 rings (SSSR count). The Bertz CT molecular complexity index is 1240.